The van der Waals surface area contributed by atoms with Crippen molar-refractivity contribution in [2.24, 2.45) is 0 Å². The number of esters is 1. The number of hydrogen-bond donors (Lipinski definition) is 1. The Morgan fingerprint density at radius 3 is 1.90 bits per heavy atom. The van der Waals surface area contributed by atoms with Crippen LogP contribution in [0, 0.1) is 0 Å². The van der Waals surface area contributed by atoms with Gasteiger partial charge in [-0.25, -0.2) is 4.79 Å². The maximum Gasteiger partial charge on any atom is 0.339 e. The van der Waals surface area contributed by atoms with E-state index in [2.05, 4.69) is 5.32 Å². The predicted octanol–water partition coefficient (Wildman–Crippen LogP) is 5.94. The van der Waals surface area contributed by atoms with Crippen LogP contribution in [0.15, 0.2) is 97.1 Å². The number of rotatable bonds is 4. The number of carbonyl (C=O) groups is 2. The maximum absolute atomic E-state index is 13.0. The molecule has 1 N–H and O–H groups in total. The molecule has 0 heterocycles. The van der Waals surface area contributed by atoms with Crippen LogP contribution in [0.5, 0.6) is 0 Å². The summed E-state index contributed by atoms with van der Waals surface area (Å²) in [7, 11) is 0. The zero-order valence-electron chi connectivity index (χ0n) is 16.7. The molecule has 0 radical (unpaired) electrons. The summed E-state index contributed by atoms with van der Waals surface area (Å²) < 4.78 is 5.41. The van der Waals surface area contributed by atoms with Gasteiger partial charge in [0.2, 0.25) is 0 Å². The lowest BCUT2D eigenvalue weighted by Crippen LogP contribution is -2.21. The normalized spacial score (nSPS) is 11.0. The van der Waals surface area contributed by atoms with E-state index in [1.54, 1.807) is 0 Å². The van der Waals surface area contributed by atoms with Crippen molar-refractivity contribution in [3.05, 3.63) is 103 Å². The molecule has 4 heteroatoms. The molecule has 0 fully saturated rings. The number of carbonyl (C=O) groups excluding carboxylic acids is 2. The molecule has 0 aliphatic heterocycles. The summed E-state index contributed by atoms with van der Waals surface area (Å²) in [5.74, 6) is -0.894. The van der Waals surface area contributed by atoms with Gasteiger partial charge in [0.15, 0.2) is 6.61 Å². The fraction of sp³-hybridized carbons (Fsp3) is 0.0370. The van der Waals surface area contributed by atoms with Gasteiger partial charge in [-0.1, -0.05) is 78.9 Å². The summed E-state index contributed by atoms with van der Waals surface area (Å²) in [5.41, 5.74) is 1.14. The van der Waals surface area contributed by atoms with E-state index in [0.717, 1.165) is 32.3 Å². The second-order valence-electron chi connectivity index (χ2n) is 7.38. The smallest absolute Gasteiger partial charge is 0.339 e. The Labute approximate surface area is 179 Å². The number of ether oxygens (including phenoxy) is 1. The number of hydrogen-bond acceptors (Lipinski definition) is 3. The molecule has 0 bridgehead atoms. The molecule has 150 valence electrons. The molecule has 0 unspecified atom stereocenters. The van der Waals surface area contributed by atoms with Gasteiger partial charge in [-0.2, -0.15) is 0 Å². The summed E-state index contributed by atoms with van der Waals surface area (Å²) in [6.45, 7) is -0.358. The Hall–Kier alpha value is -4.18. The Balaban J connectivity index is 1.37. The average Bonchev–Trinajstić information content (AvgIpc) is 2.81. The van der Waals surface area contributed by atoms with E-state index in [4.69, 9.17) is 4.74 Å². The number of fused-ring (bicyclic) bond motifs is 3. The van der Waals surface area contributed by atoms with Crippen molar-refractivity contribution in [2.75, 3.05) is 11.9 Å². The Morgan fingerprint density at radius 1 is 0.645 bits per heavy atom. The molecule has 31 heavy (non-hydrogen) atoms. The molecule has 5 aromatic carbocycles. The highest BCUT2D eigenvalue weighted by Gasteiger charge is 2.17. The minimum atomic E-state index is -0.512. The lowest BCUT2D eigenvalue weighted by molar-refractivity contribution is -0.119. The first-order chi connectivity index (χ1) is 15.2. The third-order valence-corrected chi connectivity index (χ3v) is 5.34. The van der Waals surface area contributed by atoms with Crippen LogP contribution in [-0.2, 0) is 9.53 Å². The zero-order chi connectivity index (χ0) is 21.2. The van der Waals surface area contributed by atoms with Crippen LogP contribution in [0.4, 0.5) is 5.69 Å². The third-order valence-electron chi connectivity index (χ3n) is 5.34. The average molecular weight is 405 g/mol. The third kappa shape index (κ3) is 3.71. The first-order valence-electron chi connectivity index (χ1n) is 10.1. The van der Waals surface area contributed by atoms with Gasteiger partial charge in [0.05, 0.1) is 5.56 Å². The Kier molecular flexibility index (Phi) is 4.81. The van der Waals surface area contributed by atoms with Crippen molar-refractivity contribution in [3.63, 3.8) is 0 Å². The van der Waals surface area contributed by atoms with Crippen LogP contribution in [-0.4, -0.2) is 18.5 Å². The van der Waals surface area contributed by atoms with Crippen molar-refractivity contribution in [2.45, 2.75) is 0 Å². The molecule has 1 amide bonds. The topological polar surface area (TPSA) is 55.4 Å². The van der Waals surface area contributed by atoms with Crippen LogP contribution in [0.25, 0.3) is 32.3 Å². The molecule has 4 nitrogen and oxygen atoms in total. The van der Waals surface area contributed by atoms with E-state index in [9.17, 15) is 9.59 Å². The fourth-order valence-corrected chi connectivity index (χ4v) is 3.90. The second-order valence-corrected chi connectivity index (χ2v) is 7.38. The Bertz CT molecular complexity index is 1400. The highest BCUT2D eigenvalue weighted by molar-refractivity contribution is 6.16. The van der Waals surface area contributed by atoms with Crippen molar-refractivity contribution >= 4 is 49.9 Å². The van der Waals surface area contributed by atoms with E-state index in [0.29, 0.717) is 11.3 Å². The predicted molar refractivity (Wildman–Crippen MR) is 124 cm³/mol. The van der Waals surface area contributed by atoms with E-state index >= 15 is 0 Å². The molecule has 5 rings (SSSR count). The van der Waals surface area contributed by atoms with Gasteiger partial charge in [0.25, 0.3) is 5.91 Å². The molecule has 5 aromatic rings. The number of anilines is 1. The SMILES string of the molecule is O=C(COC(=O)c1c2ccccc2cc2ccccc12)Nc1ccc2ccccc2c1. The molecule has 0 saturated carbocycles. The lowest BCUT2D eigenvalue weighted by Gasteiger charge is -2.12. The fourth-order valence-electron chi connectivity index (χ4n) is 3.90. The largest absolute Gasteiger partial charge is 0.452 e. The number of nitrogens with one attached hydrogen (secondary N) is 1. The van der Waals surface area contributed by atoms with Crippen molar-refractivity contribution in [1.82, 2.24) is 0 Å². The van der Waals surface area contributed by atoms with Gasteiger partial charge >= 0.3 is 5.97 Å². The summed E-state index contributed by atoms with van der Waals surface area (Å²) >= 11 is 0. The standard InChI is InChI=1S/C27H19NO3/c29-25(28-22-14-13-18-7-1-2-8-19(18)16-22)17-31-27(30)26-23-11-5-3-9-20(23)15-21-10-4-6-12-24(21)26/h1-16H,17H2,(H,28,29). The molecule has 0 saturated heterocycles. The van der Waals surface area contributed by atoms with E-state index in [1.165, 1.54) is 0 Å². The van der Waals surface area contributed by atoms with E-state index in [1.807, 2.05) is 97.1 Å². The first kappa shape index (κ1) is 18.8. The number of amides is 1. The summed E-state index contributed by atoms with van der Waals surface area (Å²) in [6, 6.07) is 31.0. The van der Waals surface area contributed by atoms with Crippen molar-refractivity contribution < 1.29 is 14.3 Å². The van der Waals surface area contributed by atoms with Crippen LogP contribution >= 0.6 is 0 Å². The highest BCUT2D eigenvalue weighted by atomic mass is 16.5. The molecular formula is C27H19NO3. The zero-order valence-corrected chi connectivity index (χ0v) is 16.7. The quantitative estimate of drug-likeness (QED) is 0.297. The summed E-state index contributed by atoms with van der Waals surface area (Å²) in [5, 5.41) is 8.44. The van der Waals surface area contributed by atoms with Gasteiger partial charge in [0, 0.05) is 5.69 Å². The molecule has 0 atom stereocenters. The van der Waals surface area contributed by atoms with Crippen molar-refractivity contribution in [1.29, 1.82) is 0 Å². The molecule has 0 aliphatic carbocycles. The second kappa shape index (κ2) is 7.92. The highest BCUT2D eigenvalue weighted by Crippen LogP contribution is 2.29. The maximum atomic E-state index is 13.0. The van der Waals surface area contributed by atoms with Gasteiger partial charge < -0.3 is 10.1 Å². The minimum absolute atomic E-state index is 0.358. The van der Waals surface area contributed by atoms with Crippen molar-refractivity contribution in [3.8, 4) is 0 Å². The lowest BCUT2D eigenvalue weighted by atomic mass is 9.97. The van der Waals surface area contributed by atoms with Crippen LogP contribution in [0.2, 0.25) is 0 Å². The monoisotopic (exact) mass is 405 g/mol. The van der Waals surface area contributed by atoms with Gasteiger partial charge in [-0.15, -0.1) is 0 Å². The van der Waals surface area contributed by atoms with Gasteiger partial charge in [-0.3, -0.25) is 4.79 Å². The van der Waals surface area contributed by atoms with Crippen LogP contribution in [0.3, 0.4) is 0 Å². The van der Waals surface area contributed by atoms with Gasteiger partial charge in [-0.05, 0) is 50.5 Å². The molecule has 0 spiro atoms. The van der Waals surface area contributed by atoms with E-state index in [-0.39, 0.29) is 12.5 Å². The van der Waals surface area contributed by atoms with Crippen LogP contribution in [0.1, 0.15) is 10.4 Å². The number of benzene rings is 5. The van der Waals surface area contributed by atoms with Crippen LogP contribution < -0.4 is 5.32 Å². The van der Waals surface area contributed by atoms with E-state index < -0.39 is 5.97 Å². The molecular weight excluding hydrogens is 386 g/mol. The summed E-state index contributed by atoms with van der Waals surface area (Å²) in [4.78, 5) is 25.4. The molecule has 0 aromatic heterocycles. The Morgan fingerprint density at radius 2 is 1.23 bits per heavy atom. The summed E-state index contributed by atoms with van der Waals surface area (Å²) in [6.07, 6.45) is 0. The minimum Gasteiger partial charge on any atom is -0.452 e. The van der Waals surface area contributed by atoms with Gasteiger partial charge in [0.1, 0.15) is 0 Å². The molecule has 0 aliphatic rings. The first-order valence-corrected chi connectivity index (χ1v) is 10.1.